The summed E-state index contributed by atoms with van der Waals surface area (Å²) in [7, 11) is 1.54. The highest BCUT2D eigenvalue weighted by Gasteiger charge is 2.83. The van der Waals surface area contributed by atoms with E-state index in [1.54, 1.807) is 142 Å². The number of carbonyl (C=O) groups excluding carboxylic acids is 8. The molecule has 5 aliphatic heterocycles. The zero-order valence-corrected chi connectivity index (χ0v) is 81.1. The third kappa shape index (κ3) is 17.4. The van der Waals surface area contributed by atoms with Gasteiger partial charge in [0.25, 0.3) is 0 Å². The van der Waals surface area contributed by atoms with Crippen molar-refractivity contribution in [3.05, 3.63) is 149 Å². The number of aliphatic hydroxyl groups is 3. The first-order valence-electron chi connectivity index (χ1n) is 46.3. The molecule has 720 valence electrons. The number of methoxy groups -OCH3 is 1. The monoisotopic (exact) mass is 1820 g/mol. The number of ether oxygens (including phenoxy) is 16. The predicted octanol–water partition coefficient (Wildman–Crippen LogP) is 14.9. The molecule has 2 bridgehead atoms. The topological polar surface area (TPSA) is 360 Å². The van der Waals surface area contributed by atoms with Crippen molar-refractivity contribution in [2.45, 2.75) is 349 Å². The van der Waals surface area contributed by atoms with E-state index in [4.69, 9.17) is 75.8 Å². The lowest BCUT2D eigenvalue weighted by Crippen LogP contribution is -2.83. The summed E-state index contributed by atoms with van der Waals surface area (Å²) < 4.78 is 104. The van der Waals surface area contributed by atoms with Crippen molar-refractivity contribution < 1.29 is 129 Å². The van der Waals surface area contributed by atoms with Gasteiger partial charge in [-0.3, -0.25) is 14.5 Å². The zero-order chi connectivity index (χ0) is 96.5. The minimum atomic E-state index is -1.81. The molecule has 0 aromatic heterocycles. The highest BCUT2D eigenvalue weighted by atomic mass is 16.7. The van der Waals surface area contributed by atoms with Crippen LogP contribution in [0.15, 0.2) is 126 Å². The van der Waals surface area contributed by atoms with Crippen molar-refractivity contribution in [2.24, 2.45) is 62.6 Å². The second kappa shape index (κ2) is 36.2. The van der Waals surface area contributed by atoms with E-state index in [9.17, 15) is 48.9 Å². The lowest BCUT2D eigenvalue weighted by atomic mass is 9.37. The van der Waals surface area contributed by atoms with Gasteiger partial charge in [0.2, 0.25) is 0 Å². The van der Waals surface area contributed by atoms with Crippen molar-refractivity contribution in [3.63, 3.8) is 0 Å². The van der Waals surface area contributed by atoms with Gasteiger partial charge in [-0.15, -0.1) is 0 Å². The van der Waals surface area contributed by atoms with E-state index in [0.717, 1.165) is 11.1 Å². The van der Waals surface area contributed by atoms with Gasteiger partial charge in [0, 0.05) is 73.2 Å². The summed E-state index contributed by atoms with van der Waals surface area (Å²) in [5.74, 6) is -6.59. The molecule has 3 aromatic rings. The number of hydrogen-bond donors (Lipinski definition) is 4. The Kier molecular flexibility index (Phi) is 27.6. The number of rotatable bonds is 22. The number of nitrogens with one attached hydrogen (secondary N) is 1. The van der Waals surface area contributed by atoms with Gasteiger partial charge in [-0.2, -0.15) is 0 Å². The lowest BCUT2D eigenvalue weighted by Gasteiger charge is -2.73. The minimum Gasteiger partial charge on any atom is -0.496 e. The Morgan fingerprint density at radius 2 is 1.08 bits per heavy atom. The smallest absolute Gasteiger partial charge is 0.413 e. The number of esters is 6. The molecule has 14 rings (SSSR count). The number of benzene rings is 3. The molecule has 4 N–H and O–H groups in total. The summed E-state index contributed by atoms with van der Waals surface area (Å²) in [4.78, 5) is 115. The number of aliphatic hydroxyl groups excluding tert-OH is 1. The van der Waals surface area contributed by atoms with Gasteiger partial charge < -0.3 is 96.4 Å². The van der Waals surface area contributed by atoms with Crippen LogP contribution >= 0.6 is 0 Å². The Balaban J connectivity index is 0.000000224. The Labute approximate surface area is 770 Å². The first-order chi connectivity index (χ1) is 61.0. The number of aryl methyl sites for hydroxylation is 1. The van der Waals surface area contributed by atoms with Crippen LogP contribution in [0.2, 0.25) is 0 Å². The molecule has 6 aliphatic carbocycles. The summed E-state index contributed by atoms with van der Waals surface area (Å²) >= 11 is 0. The number of fused-ring (bicyclic) bond motifs is 7. The quantitative estimate of drug-likeness (QED) is 0.0412. The maximum Gasteiger partial charge on any atom is 0.413 e. The Morgan fingerprint density at radius 1 is 0.595 bits per heavy atom. The SMILES string of the molecule is C=CC1OC2C(C)C3=C(C)[C@@H](OC(=O)[C@@H]4OC(c5ccc(C)cc5OC)N(C(=O)OC(C)(C)C)C4CC(C)C)C[C@@]3(C(C)(C)O)[C@@H](OC(=O)c3ccccc3)[C@@H]3[C@]4(OC(C)=O)CO[C@@H]4C[C@H](O1)[C@@]23C.C=CC1O[C@H]2C[C@H]3OC[C@@]3(OC(C)=O)[C@H]3[C@H](OC(=O)c4ccccc4)[C@]4(C(C)(C)O)C[C@H](OC(=O)[C@H](O)[C@H](CC(C)C)NC(=O)OC(C)(C)C)C(C)=C([C@H](C)[C@H](O1)[C@]23C)C4(C)C. The predicted molar refractivity (Wildman–Crippen MR) is 479 cm³/mol. The van der Waals surface area contributed by atoms with Crippen LogP contribution in [0.5, 0.6) is 5.75 Å². The number of hydrogen-bond acceptors (Lipinski definition) is 27. The summed E-state index contributed by atoms with van der Waals surface area (Å²) in [6.45, 7) is 53.4. The fourth-order valence-corrected chi connectivity index (χ4v) is 25.4. The Hall–Kier alpha value is -8.62. The largest absolute Gasteiger partial charge is 0.496 e. The van der Waals surface area contributed by atoms with E-state index >= 15 is 4.79 Å². The molecular formula is C102H140N2O27. The van der Waals surface area contributed by atoms with Gasteiger partial charge in [-0.25, -0.2) is 28.8 Å². The molecule has 2 amide bonds. The average Bonchev–Trinajstić information content (AvgIpc) is 1.66. The Bertz CT molecular complexity index is 4900. The van der Waals surface area contributed by atoms with E-state index in [-0.39, 0.29) is 55.4 Å². The molecule has 9 fully saturated rings. The van der Waals surface area contributed by atoms with E-state index in [1.165, 1.54) is 25.9 Å². The fraction of sp³-hybridized carbons (Fsp3) is 0.667. The molecule has 5 heterocycles. The van der Waals surface area contributed by atoms with E-state index in [0.29, 0.717) is 47.3 Å². The molecule has 0 spiro atoms. The molecule has 27 atom stereocenters. The molecule has 5 saturated heterocycles. The summed E-state index contributed by atoms with van der Waals surface area (Å²) in [6, 6.07) is 20.7. The summed E-state index contributed by atoms with van der Waals surface area (Å²) in [5, 5.41) is 40.6. The summed E-state index contributed by atoms with van der Waals surface area (Å²) in [6.07, 6.45) is -11.5. The normalized spacial score (nSPS) is 36.0. The second-order valence-electron chi connectivity index (χ2n) is 43.1. The number of alkyl carbamates (subject to hydrolysis) is 1. The number of carbonyl (C=O) groups is 8. The molecule has 29 nitrogen and oxygen atoms in total. The highest BCUT2D eigenvalue weighted by molar-refractivity contribution is 5.90. The second-order valence-corrected chi connectivity index (χ2v) is 43.1. The minimum absolute atomic E-state index is 0.00447. The van der Waals surface area contributed by atoms with Gasteiger partial charge in [0.1, 0.15) is 53.6 Å². The third-order valence-corrected chi connectivity index (χ3v) is 30.4. The van der Waals surface area contributed by atoms with E-state index in [2.05, 4.69) is 18.5 Å². The van der Waals surface area contributed by atoms with Crippen molar-refractivity contribution in [2.75, 3.05) is 20.3 Å². The van der Waals surface area contributed by atoms with E-state index < -0.39 is 236 Å². The standard InChI is InChI=1S/C54H71NO14.C48H69NO13/c1-15-40-64-38-25-39-54(27-62-39,68-32(7)56)43-45(67-47(57)33-19-17-16-18-20-33)53(51(11,12)60)26-37(30(5)41(53)31(6)44(65-40)52(38,43)13)63-48(58)42-35(23-28(2)3)55(49(59)69-50(8,9)10)46(66-42)34-22-21-29(4)24-36(34)61-14;1-15-34-58-32-22-33-47(24-56-33,61-28(6)50)37-39(60-40(52)29-19-17-16-18-20-29)48(45(12,13)55)23-31(26(4)35(44(48,10)11)27(5)38(59-34)46(32,37)14)57-41(53)36(51)30(21-25(2)3)49-42(54)62-43(7,8)9/h15-22,24,28,31,35,37-40,42-46,60H,1,23,25-27H2,2-14H3;15-20,25,27,30-34,36-39,51,55H,1,21-24H2,2-14H3,(H,49,54)/t31?,35?,37-,38-,39+,40?,42+,43-,44?,45-,46?,52+,53-,54-;27-,30-,31-,32-,33+,34?,36+,37-,38-,39-,46+,47-,48+/m00/s1. The van der Waals surface area contributed by atoms with Gasteiger partial charge in [-0.1, -0.05) is 136 Å². The molecular weight excluding hydrogens is 1690 g/mol. The van der Waals surface area contributed by atoms with Crippen molar-refractivity contribution in [1.82, 2.24) is 10.2 Å². The molecule has 4 saturated carbocycles. The maximum absolute atomic E-state index is 15.3. The fourth-order valence-electron chi connectivity index (χ4n) is 25.4. The number of nitrogens with zero attached hydrogens (tertiary/aromatic N) is 1. The first-order valence-corrected chi connectivity index (χ1v) is 46.3. The van der Waals surface area contributed by atoms with Crippen LogP contribution in [0.1, 0.15) is 243 Å². The van der Waals surface area contributed by atoms with Gasteiger partial charge >= 0.3 is 48.0 Å². The van der Waals surface area contributed by atoms with Crippen molar-refractivity contribution in [3.8, 4) is 5.75 Å². The molecule has 0 radical (unpaired) electrons. The van der Waals surface area contributed by atoms with Crippen LogP contribution in [0, 0.1) is 69.5 Å². The van der Waals surface area contributed by atoms with Crippen LogP contribution in [-0.4, -0.2) is 220 Å². The first kappa shape index (κ1) is 99.8. The third-order valence-electron chi connectivity index (χ3n) is 30.4. The zero-order valence-electron chi connectivity index (χ0n) is 81.1. The molecule has 6 unspecified atom stereocenters. The van der Waals surface area contributed by atoms with Crippen LogP contribution in [0.4, 0.5) is 9.59 Å². The van der Waals surface area contributed by atoms with Crippen LogP contribution in [0.25, 0.3) is 0 Å². The molecule has 11 aliphatic rings. The average molecular weight is 1830 g/mol. The van der Waals surface area contributed by atoms with Crippen molar-refractivity contribution in [1.29, 1.82) is 0 Å². The Morgan fingerprint density at radius 3 is 1.52 bits per heavy atom. The lowest BCUT2D eigenvalue weighted by molar-refractivity contribution is -0.405. The van der Waals surface area contributed by atoms with Crippen LogP contribution in [-0.2, 0) is 90.2 Å². The van der Waals surface area contributed by atoms with Crippen molar-refractivity contribution >= 4 is 48.0 Å². The van der Waals surface area contributed by atoms with Crippen LogP contribution < -0.4 is 10.1 Å². The van der Waals surface area contributed by atoms with Gasteiger partial charge in [0.05, 0.1) is 96.4 Å². The van der Waals surface area contributed by atoms with Crippen LogP contribution in [0.3, 0.4) is 0 Å². The van der Waals surface area contributed by atoms with Gasteiger partial charge in [0.15, 0.2) is 42.2 Å². The maximum atomic E-state index is 15.3. The summed E-state index contributed by atoms with van der Waals surface area (Å²) in [5.41, 5.74) is -9.30. The molecule has 3 aromatic carbocycles. The molecule has 29 heteroatoms. The van der Waals surface area contributed by atoms with E-state index in [1.807, 2.05) is 108 Å². The molecule has 131 heavy (non-hydrogen) atoms. The number of amides is 2. The van der Waals surface area contributed by atoms with Gasteiger partial charge in [-0.05, 0) is 185 Å². The highest BCUT2D eigenvalue weighted by Crippen LogP contribution is 2.75.